The molecule has 17 heavy (non-hydrogen) atoms. The lowest BCUT2D eigenvalue weighted by Gasteiger charge is -2.39. The molecule has 0 radical (unpaired) electrons. The molecular formula is C13H15N3S. The summed E-state index contributed by atoms with van der Waals surface area (Å²) < 4.78 is 0. The molecule has 1 fully saturated rings. The van der Waals surface area contributed by atoms with Gasteiger partial charge < -0.3 is 5.32 Å². The predicted octanol–water partition coefficient (Wildman–Crippen LogP) is 1.80. The molecule has 0 bridgehead atoms. The molecule has 2 aromatic rings. The van der Waals surface area contributed by atoms with Crippen LogP contribution in [0, 0.1) is 0 Å². The molecule has 0 aromatic carbocycles. The Balaban J connectivity index is 1.92. The van der Waals surface area contributed by atoms with E-state index in [1.54, 1.807) is 10.4 Å². The number of hydrogen-bond donors (Lipinski definition) is 1. The Morgan fingerprint density at radius 3 is 3.41 bits per heavy atom. The van der Waals surface area contributed by atoms with Crippen molar-refractivity contribution >= 4 is 21.6 Å². The quantitative estimate of drug-likeness (QED) is 0.767. The third-order valence-electron chi connectivity index (χ3n) is 3.90. The highest BCUT2D eigenvalue weighted by atomic mass is 32.1. The number of nitrogens with zero attached hydrogens (tertiary/aromatic N) is 2. The number of pyridine rings is 1. The molecule has 3 nitrogen and oxygen atoms in total. The van der Waals surface area contributed by atoms with Gasteiger partial charge in [-0.3, -0.25) is 4.90 Å². The van der Waals surface area contributed by atoms with E-state index < -0.39 is 0 Å². The van der Waals surface area contributed by atoms with Crippen molar-refractivity contribution in [1.29, 1.82) is 0 Å². The highest BCUT2D eigenvalue weighted by Gasteiger charge is 2.32. The van der Waals surface area contributed by atoms with Gasteiger partial charge in [0.25, 0.3) is 0 Å². The fraction of sp³-hybridized carbons (Fsp3) is 0.462. The Kier molecular flexibility index (Phi) is 2.21. The maximum atomic E-state index is 4.50. The van der Waals surface area contributed by atoms with Gasteiger partial charge in [-0.05, 0) is 18.1 Å². The molecule has 0 spiro atoms. The molecule has 0 aliphatic carbocycles. The molecule has 2 aromatic heterocycles. The second-order valence-electron chi connectivity index (χ2n) is 4.80. The summed E-state index contributed by atoms with van der Waals surface area (Å²) in [7, 11) is 0. The van der Waals surface area contributed by atoms with E-state index in [0.29, 0.717) is 6.04 Å². The van der Waals surface area contributed by atoms with Crippen LogP contribution in [0.15, 0.2) is 18.3 Å². The Bertz CT molecular complexity index is 563. The van der Waals surface area contributed by atoms with Crippen LogP contribution in [0.25, 0.3) is 10.2 Å². The molecule has 4 heteroatoms. The van der Waals surface area contributed by atoms with Gasteiger partial charge in [-0.1, -0.05) is 6.07 Å². The van der Waals surface area contributed by atoms with Crippen molar-refractivity contribution in [2.75, 3.05) is 26.2 Å². The van der Waals surface area contributed by atoms with E-state index in [4.69, 9.17) is 0 Å². The van der Waals surface area contributed by atoms with E-state index in [1.807, 2.05) is 17.5 Å². The molecule has 2 aliphatic rings. The summed E-state index contributed by atoms with van der Waals surface area (Å²) in [6, 6.07) is 4.87. The number of rotatable bonds is 0. The third kappa shape index (κ3) is 1.44. The zero-order valence-electron chi connectivity index (χ0n) is 9.65. The zero-order valence-corrected chi connectivity index (χ0v) is 10.5. The number of nitrogens with one attached hydrogen (secondary N) is 1. The van der Waals surface area contributed by atoms with Gasteiger partial charge in [0.2, 0.25) is 0 Å². The molecule has 0 saturated carbocycles. The summed E-state index contributed by atoms with van der Waals surface area (Å²) in [6.45, 7) is 4.62. The maximum absolute atomic E-state index is 4.50. The summed E-state index contributed by atoms with van der Waals surface area (Å²) in [5.74, 6) is 0. The fourth-order valence-electron chi connectivity index (χ4n) is 3.09. The first kappa shape index (κ1) is 10.00. The molecule has 1 unspecified atom stereocenters. The summed E-state index contributed by atoms with van der Waals surface area (Å²) in [5.41, 5.74) is 1.55. The van der Waals surface area contributed by atoms with Crippen molar-refractivity contribution in [2.45, 2.75) is 12.5 Å². The molecule has 2 aliphatic heterocycles. The average Bonchev–Trinajstić information content (AvgIpc) is 2.77. The van der Waals surface area contributed by atoms with E-state index >= 15 is 0 Å². The van der Waals surface area contributed by atoms with Crippen molar-refractivity contribution in [3.63, 3.8) is 0 Å². The zero-order chi connectivity index (χ0) is 11.2. The van der Waals surface area contributed by atoms with Crippen molar-refractivity contribution in [2.24, 2.45) is 0 Å². The number of hydrogen-bond acceptors (Lipinski definition) is 4. The summed E-state index contributed by atoms with van der Waals surface area (Å²) >= 11 is 1.89. The van der Waals surface area contributed by atoms with Crippen LogP contribution in [-0.2, 0) is 6.42 Å². The van der Waals surface area contributed by atoms with E-state index in [2.05, 4.69) is 27.3 Å². The molecule has 1 atom stereocenters. The molecule has 1 saturated heterocycles. The van der Waals surface area contributed by atoms with Gasteiger partial charge >= 0.3 is 0 Å². The number of fused-ring (bicyclic) bond motifs is 5. The first-order valence-corrected chi connectivity index (χ1v) is 7.06. The summed E-state index contributed by atoms with van der Waals surface area (Å²) in [5, 5.41) is 4.90. The van der Waals surface area contributed by atoms with E-state index in [0.717, 1.165) is 13.1 Å². The standard InChI is InChI=1S/C13H15N3S/c1-2-9-12-10-8-14-5-7-16(10)6-3-11(12)17-13(9)15-4-1/h1-2,4,10,14H,3,5-8H2. The van der Waals surface area contributed by atoms with Crippen molar-refractivity contribution in [3.05, 3.63) is 28.8 Å². The van der Waals surface area contributed by atoms with Gasteiger partial charge in [-0.2, -0.15) is 0 Å². The lowest BCUT2D eigenvalue weighted by atomic mass is 9.95. The SMILES string of the molecule is c1cnc2sc3c(c2c1)C1CNCCN1CC3. The second kappa shape index (κ2) is 3.77. The van der Waals surface area contributed by atoms with Gasteiger partial charge in [0.05, 0.1) is 0 Å². The lowest BCUT2D eigenvalue weighted by Crippen LogP contribution is -2.48. The highest BCUT2D eigenvalue weighted by Crippen LogP contribution is 2.40. The monoisotopic (exact) mass is 245 g/mol. The first-order chi connectivity index (χ1) is 8.43. The average molecular weight is 245 g/mol. The Labute approximate surface area is 104 Å². The Morgan fingerprint density at radius 1 is 1.41 bits per heavy atom. The minimum atomic E-state index is 0.574. The Hall–Kier alpha value is -0.970. The molecule has 4 heterocycles. The van der Waals surface area contributed by atoms with Crippen molar-refractivity contribution in [1.82, 2.24) is 15.2 Å². The largest absolute Gasteiger partial charge is 0.314 e. The van der Waals surface area contributed by atoms with E-state index in [9.17, 15) is 0 Å². The minimum absolute atomic E-state index is 0.574. The van der Waals surface area contributed by atoms with Gasteiger partial charge in [0, 0.05) is 48.7 Å². The van der Waals surface area contributed by atoms with Gasteiger partial charge in [-0.15, -0.1) is 11.3 Å². The van der Waals surface area contributed by atoms with Crippen LogP contribution in [0.5, 0.6) is 0 Å². The highest BCUT2D eigenvalue weighted by molar-refractivity contribution is 7.18. The third-order valence-corrected chi connectivity index (χ3v) is 5.08. The molecule has 1 N–H and O–H groups in total. The van der Waals surface area contributed by atoms with Gasteiger partial charge in [0.15, 0.2) is 0 Å². The molecule has 88 valence electrons. The number of piperazine rings is 1. The maximum Gasteiger partial charge on any atom is 0.123 e. The van der Waals surface area contributed by atoms with Crippen molar-refractivity contribution < 1.29 is 0 Å². The van der Waals surface area contributed by atoms with E-state index in [1.165, 1.54) is 29.7 Å². The minimum Gasteiger partial charge on any atom is -0.314 e. The van der Waals surface area contributed by atoms with Crippen LogP contribution in [0.1, 0.15) is 16.5 Å². The molecular weight excluding hydrogens is 230 g/mol. The number of thiophene rings is 1. The van der Waals surface area contributed by atoms with Crippen molar-refractivity contribution in [3.8, 4) is 0 Å². The number of aromatic nitrogens is 1. The summed E-state index contributed by atoms with van der Waals surface area (Å²) in [6.07, 6.45) is 3.11. The van der Waals surface area contributed by atoms with Crippen LogP contribution >= 0.6 is 11.3 Å². The van der Waals surface area contributed by atoms with Gasteiger partial charge in [-0.25, -0.2) is 4.98 Å². The smallest absolute Gasteiger partial charge is 0.123 e. The summed E-state index contributed by atoms with van der Waals surface area (Å²) in [4.78, 5) is 9.90. The fourth-order valence-corrected chi connectivity index (χ4v) is 4.28. The second-order valence-corrected chi connectivity index (χ2v) is 5.88. The first-order valence-electron chi connectivity index (χ1n) is 6.24. The van der Waals surface area contributed by atoms with Crippen LogP contribution in [0.2, 0.25) is 0 Å². The normalized spacial score (nSPS) is 24.6. The van der Waals surface area contributed by atoms with Crippen LogP contribution in [0.4, 0.5) is 0 Å². The van der Waals surface area contributed by atoms with Gasteiger partial charge in [0.1, 0.15) is 4.83 Å². The van der Waals surface area contributed by atoms with Crippen LogP contribution in [0.3, 0.4) is 0 Å². The topological polar surface area (TPSA) is 28.2 Å². The van der Waals surface area contributed by atoms with Crippen LogP contribution < -0.4 is 5.32 Å². The van der Waals surface area contributed by atoms with E-state index in [-0.39, 0.29) is 0 Å². The van der Waals surface area contributed by atoms with Crippen LogP contribution in [-0.4, -0.2) is 36.1 Å². The molecule has 0 amide bonds. The lowest BCUT2D eigenvalue weighted by molar-refractivity contribution is 0.154. The molecule has 4 rings (SSSR count). The Morgan fingerprint density at radius 2 is 2.41 bits per heavy atom. The predicted molar refractivity (Wildman–Crippen MR) is 70.5 cm³/mol.